The molecule has 0 spiro atoms. The van der Waals surface area contributed by atoms with Gasteiger partial charge in [0.05, 0.1) is 11.6 Å². The van der Waals surface area contributed by atoms with Crippen LogP contribution in [0.1, 0.15) is 0 Å². The number of hydrogen-bond donors (Lipinski definition) is 2. The second kappa shape index (κ2) is 4.36. The van der Waals surface area contributed by atoms with Gasteiger partial charge in [0.25, 0.3) is 0 Å². The smallest absolute Gasteiger partial charge is 0.328 e. The van der Waals surface area contributed by atoms with Gasteiger partial charge in [-0.05, 0) is 6.07 Å². The standard InChI is InChI=1S/C12H12N4O3.Md/c13-6-5-16(9(6)12(18)19)10-11(17)15-8-4-2-1-3-7(8)14-10;/h1-4,6,9H,5,13H2,(H2,15,17,18,19);/p-1/t6-,9+;/m1./s1. The maximum Gasteiger partial charge on any atom is 0.328 e. The van der Waals surface area contributed by atoms with Crippen LogP contribution in [0.3, 0.4) is 0 Å². The predicted molar refractivity (Wildman–Crippen MR) is 68.1 cm³/mol. The molecular formula is C12H11MdN4O3-. The Morgan fingerprint density at radius 1 is 1.45 bits per heavy atom. The topological polar surface area (TPSA) is 111 Å². The zero-order chi connectivity index (χ0) is 13.6. The van der Waals surface area contributed by atoms with Crippen molar-refractivity contribution in [3.05, 3.63) is 34.6 Å². The molecular weight excluding hydrogens is 506 g/mol. The molecule has 7 nitrogen and oxygen atoms in total. The van der Waals surface area contributed by atoms with E-state index in [9.17, 15) is 9.59 Å². The van der Waals surface area contributed by atoms with Crippen molar-refractivity contribution < 1.29 is 9.90 Å². The van der Waals surface area contributed by atoms with Crippen LogP contribution in [0.15, 0.2) is 29.1 Å². The number of rotatable bonds is 2. The van der Waals surface area contributed by atoms with Crippen molar-refractivity contribution in [2.24, 2.45) is 5.73 Å². The third-order valence-corrected chi connectivity index (χ3v) is 3.20. The molecule has 1 aliphatic rings. The molecule has 20 heavy (non-hydrogen) atoms. The van der Waals surface area contributed by atoms with E-state index < -0.39 is 23.6 Å². The van der Waals surface area contributed by atoms with E-state index in [0.29, 0.717) is 17.6 Å². The van der Waals surface area contributed by atoms with E-state index in [1.54, 1.807) is 24.3 Å². The third-order valence-electron chi connectivity index (χ3n) is 3.20. The minimum Gasteiger partial charge on any atom is -0.618 e. The van der Waals surface area contributed by atoms with Gasteiger partial charge in [-0.15, -0.1) is 5.52 Å². The Balaban J connectivity index is 0.00000147. The van der Waals surface area contributed by atoms with E-state index in [0.717, 1.165) is 0 Å². The number of aliphatic carboxylic acids is 1. The fourth-order valence-electron chi connectivity index (χ4n) is 2.23. The normalized spacial score (nSPS) is 21.1. The molecule has 1 radical (unpaired) electrons. The first-order valence-electron chi connectivity index (χ1n) is 5.77. The zero-order valence-electron chi connectivity index (χ0n) is 10.1. The van der Waals surface area contributed by atoms with Crippen LogP contribution in [0.25, 0.3) is 11.0 Å². The van der Waals surface area contributed by atoms with Crippen molar-refractivity contribution in [3.8, 4) is 0 Å². The van der Waals surface area contributed by atoms with Crippen molar-refractivity contribution in [1.29, 1.82) is 0 Å². The van der Waals surface area contributed by atoms with Gasteiger partial charge < -0.3 is 25.5 Å². The molecule has 0 amide bonds. The van der Waals surface area contributed by atoms with Crippen molar-refractivity contribution >= 4 is 22.8 Å². The number of anilines is 1. The van der Waals surface area contributed by atoms with Crippen LogP contribution in [-0.2, 0) is 4.79 Å². The third kappa shape index (κ3) is 1.72. The molecule has 1 aromatic heterocycles. The van der Waals surface area contributed by atoms with Crippen molar-refractivity contribution in [3.63, 3.8) is 0 Å². The fraction of sp³-hybridized carbons (Fsp3) is 0.250. The summed E-state index contributed by atoms with van der Waals surface area (Å²) in [5.74, 6) is -1.01. The Morgan fingerprint density at radius 3 is 2.80 bits per heavy atom. The largest absolute Gasteiger partial charge is 0.618 e. The van der Waals surface area contributed by atoms with Crippen molar-refractivity contribution in [2.75, 3.05) is 11.4 Å². The van der Waals surface area contributed by atoms with Gasteiger partial charge in [0.2, 0.25) is 0 Å². The number of fused-ring (bicyclic) bond motifs is 1. The second-order valence-electron chi connectivity index (χ2n) is 4.44. The Hall–Kier alpha value is -3.41. The van der Waals surface area contributed by atoms with E-state index in [1.165, 1.54) is 4.90 Å². The van der Waals surface area contributed by atoms with E-state index in [2.05, 4.69) is 9.97 Å². The number of nitrogens with zero attached hydrogens (tertiary/aromatic N) is 3. The number of benzene rings is 1. The van der Waals surface area contributed by atoms with Crippen LogP contribution < -0.4 is 21.2 Å². The summed E-state index contributed by atoms with van der Waals surface area (Å²) in [4.78, 5) is 32.5. The zero-order valence-corrected chi connectivity index (χ0v) is 12.4. The summed E-state index contributed by atoms with van der Waals surface area (Å²) in [5, 5.41) is 9.07. The summed E-state index contributed by atoms with van der Waals surface area (Å²) < 4.78 is 0. The molecule has 0 bridgehead atoms. The van der Waals surface area contributed by atoms with Crippen molar-refractivity contribution in [1.82, 2.24) is 9.97 Å². The van der Waals surface area contributed by atoms with Gasteiger partial charge in [-0.3, -0.25) is 0 Å². The molecule has 0 unspecified atom stereocenters. The van der Waals surface area contributed by atoms with Gasteiger partial charge in [-0.25, -0.2) is 9.78 Å². The maximum atomic E-state index is 11.9. The van der Waals surface area contributed by atoms with Gasteiger partial charge >= 0.3 is 5.97 Å². The Kier molecular flexibility index (Phi) is 2.84. The van der Waals surface area contributed by atoms with Crippen LogP contribution in [0.4, 0.5) is 5.82 Å². The van der Waals surface area contributed by atoms with Gasteiger partial charge in [0.1, 0.15) is 11.6 Å². The molecule has 1 saturated heterocycles. The minimum atomic E-state index is -1.06. The average Bonchev–Trinajstić information content (AvgIpc) is 2.34. The summed E-state index contributed by atoms with van der Waals surface area (Å²) in [7, 11) is 0. The number of aromatic nitrogens is 2. The first-order chi connectivity index (χ1) is 9.08. The first kappa shape index (κ1) is 13.0. The molecule has 1 aromatic carbocycles. The van der Waals surface area contributed by atoms with Gasteiger partial charge in [0.15, 0.2) is 5.82 Å². The molecule has 2 atom stereocenters. The summed E-state index contributed by atoms with van der Waals surface area (Å²) in [6.07, 6.45) is 0. The Bertz CT molecular complexity index is 717. The molecule has 8 heteroatoms. The molecule has 3 rings (SSSR count). The molecule has 111 valence electrons. The van der Waals surface area contributed by atoms with Crippen LogP contribution >= 0.6 is 0 Å². The Labute approximate surface area is 107 Å². The van der Waals surface area contributed by atoms with Crippen LogP contribution in [0, 0.1) is 0 Å². The maximum absolute atomic E-state index is 11.9. The number of carbonyl (C=O) groups is 1. The Morgan fingerprint density at radius 2 is 2.15 bits per heavy atom. The van der Waals surface area contributed by atoms with Gasteiger partial charge in [-0.1, -0.05) is 18.2 Å². The quantitative estimate of drug-likeness (QED) is 0.535. The number of carboxylic acids is 1. The van der Waals surface area contributed by atoms with E-state index in [-0.39, 0.29) is 5.82 Å². The summed E-state index contributed by atoms with van der Waals surface area (Å²) in [5.41, 5.74) is 6.16. The van der Waals surface area contributed by atoms with E-state index in [1.807, 2.05) is 0 Å². The summed E-state index contributed by atoms with van der Waals surface area (Å²) in [6, 6.07) is 5.54. The molecule has 2 heterocycles. The first-order valence-corrected chi connectivity index (χ1v) is 5.77. The molecule has 1 fully saturated rings. The van der Waals surface area contributed by atoms with Gasteiger partial charge in [0, 0.05) is 6.54 Å². The molecule has 2 aromatic rings. The number of para-hydroxylation sites is 2. The average molecular weight is 517 g/mol. The van der Waals surface area contributed by atoms with Crippen LogP contribution in [-0.4, -0.2) is 34.7 Å². The van der Waals surface area contributed by atoms with Crippen LogP contribution in [0.2, 0.25) is 0 Å². The number of carboxylic acid groups (broad SMARTS) is 1. The predicted octanol–water partition coefficient (Wildman–Crippen LogP) is -0.847. The van der Waals surface area contributed by atoms with E-state index >= 15 is 0 Å². The second-order valence-corrected chi connectivity index (χ2v) is 4.44. The summed E-state index contributed by atoms with van der Waals surface area (Å²) >= 11 is 0. The van der Waals surface area contributed by atoms with Gasteiger partial charge in [-0.2, -0.15) is 0 Å². The minimum absolute atomic E-state index is 0. The van der Waals surface area contributed by atoms with E-state index in [4.69, 9.17) is 10.8 Å². The number of nitrogens with two attached hydrogens (primary N) is 1. The summed E-state index contributed by atoms with van der Waals surface area (Å²) in [6.45, 7) is 0.291. The number of hydrogen-bond acceptors (Lipinski definition) is 5. The van der Waals surface area contributed by atoms with Crippen molar-refractivity contribution in [2.45, 2.75) is 12.1 Å². The fourth-order valence-corrected chi connectivity index (χ4v) is 2.23. The molecule has 3 N–H and O–H groups in total. The molecule has 0 saturated carbocycles. The van der Waals surface area contributed by atoms with Crippen LogP contribution in [0.5, 0.6) is 0 Å². The monoisotopic (exact) mass is 517 g/mol. The molecule has 0 aliphatic carbocycles. The SMILES string of the molecule is N[C@@H]1CN(c2nc3ccccc3[n-]c2=O)[C@@H]1C(=O)O.[Md]. The molecule has 1 aliphatic heterocycles.